The van der Waals surface area contributed by atoms with Crippen LogP contribution in [-0.4, -0.2) is 10.9 Å². The maximum atomic E-state index is 12.6. The average Bonchev–Trinajstić information content (AvgIpc) is 2.41. The van der Waals surface area contributed by atoms with E-state index in [9.17, 15) is 9.18 Å². The number of aromatic nitrogens is 1. The molecular formula is C13H10ClFN2O. The lowest BCUT2D eigenvalue weighted by molar-refractivity contribution is 0.102. The molecular weight excluding hydrogens is 255 g/mol. The van der Waals surface area contributed by atoms with Crippen molar-refractivity contribution in [1.29, 1.82) is 0 Å². The van der Waals surface area contributed by atoms with Gasteiger partial charge in [-0.3, -0.25) is 4.79 Å². The van der Waals surface area contributed by atoms with Gasteiger partial charge in [0.1, 0.15) is 11.6 Å². The van der Waals surface area contributed by atoms with Gasteiger partial charge >= 0.3 is 0 Å². The SMILES string of the molecule is O=C(Nc1ccc(F)cn1)c1ccc(CCl)cc1. The van der Waals surface area contributed by atoms with Gasteiger partial charge in [0.25, 0.3) is 5.91 Å². The third-order valence-electron chi connectivity index (χ3n) is 2.34. The van der Waals surface area contributed by atoms with Gasteiger partial charge in [0.2, 0.25) is 0 Å². The molecule has 0 aliphatic heterocycles. The van der Waals surface area contributed by atoms with E-state index in [4.69, 9.17) is 11.6 Å². The first kappa shape index (κ1) is 12.5. The third kappa shape index (κ3) is 3.05. The van der Waals surface area contributed by atoms with Crippen molar-refractivity contribution in [1.82, 2.24) is 4.98 Å². The van der Waals surface area contributed by atoms with Crippen molar-refractivity contribution in [3.63, 3.8) is 0 Å². The summed E-state index contributed by atoms with van der Waals surface area (Å²) in [6, 6.07) is 9.55. The topological polar surface area (TPSA) is 42.0 Å². The van der Waals surface area contributed by atoms with Crippen molar-refractivity contribution in [3.05, 3.63) is 59.5 Å². The first-order valence-corrected chi connectivity index (χ1v) is 5.80. The molecule has 0 unspecified atom stereocenters. The van der Waals surface area contributed by atoms with Crippen LogP contribution >= 0.6 is 11.6 Å². The molecule has 1 aromatic heterocycles. The van der Waals surface area contributed by atoms with Gasteiger partial charge < -0.3 is 5.32 Å². The molecule has 92 valence electrons. The van der Waals surface area contributed by atoms with Gasteiger partial charge in [-0.25, -0.2) is 9.37 Å². The number of benzene rings is 1. The van der Waals surface area contributed by atoms with E-state index in [0.717, 1.165) is 11.8 Å². The summed E-state index contributed by atoms with van der Waals surface area (Å²) in [5, 5.41) is 2.57. The van der Waals surface area contributed by atoms with E-state index in [0.29, 0.717) is 17.3 Å². The number of amides is 1. The minimum Gasteiger partial charge on any atom is -0.307 e. The largest absolute Gasteiger partial charge is 0.307 e. The Morgan fingerprint density at radius 3 is 2.50 bits per heavy atom. The predicted molar refractivity (Wildman–Crippen MR) is 68.1 cm³/mol. The van der Waals surface area contributed by atoms with E-state index in [1.54, 1.807) is 24.3 Å². The minimum absolute atomic E-state index is 0.296. The molecule has 1 heterocycles. The molecule has 0 saturated carbocycles. The fourth-order valence-electron chi connectivity index (χ4n) is 1.38. The van der Waals surface area contributed by atoms with Crippen LogP contribution in [0, 0.1) is 5.82 Å². The standard InChI is InChI=1S/C13H10ClFN2O/c14-7-9-1-3-10(4-2-9)13(18)17-12-6-5-11(15)8-16-12/h1-6,8H,7H2,(H,16,17,18). The lowest BCUT2D eigenvalue weighted by atomic mass is 10.1. The number of anilines is 1. The van der Waals surface area contributed by atoms with Crippen molar-refractivity contribution >= 4 is 23.3 Å². The second-order valence-electron chi connectivity index (χ2n) is 3.65. The third-order valence-corrected chi connectivity index (χ3v) is 2.65. The smallest absolute Gasteiger partial charge is 0.256 e. The molecule has 1 aromatic carbocycles. The van der Waals surface area contributed by atoms with Crippen LogP contribution in [0.25, 0.3) is 0 Å². The van der Waals surface area contributed by atoms with Crippen LogP contribution in [0.15, 0.2) is 42.6 Å². The average molecular weight is 265 g/mol. The second kappa shape index (κ2) is 5.60. The Labute approximate surface area is 109 Å². The highest BCUT2D eigenvalue weighted by molar-refractivity contribution is 6.17. The first-order chi connectivity index (χ1) is 8.69. The molecule has 2 aromatic rings. The molecule has 0 radical (unpaired) electrons. The van der Waals surface area contributed by atoms with Gasteiger partial charge in [0.05, 0.1) is 6.20 Å². The summed E-state index contributed by atoms with van der Waals surface area (Å²) >= 11 is 5.66. The van der Waals surface area contributed by atoms with Crippen LogP contribution < -0.4 is 5.32 Å². The lowest BCUT2D eigenvalue weighted by Gasteiger charge is -2.04. The highest BCUT2D eigenvalue weighted by Crippen LogP contribution is 2.10. The zero-order valence-electron chi connectivity index (χ0n) is 9.36. The van der Waals surface area contributed by atoms with Gasteiger partial charge in [-0.2, -0.15) is 0 Å². The number of halogens is 2. The van der Waals surface area contributed by atoms with Crippen LogP contribution in [0.1, 0.15) is 15.9 Å². The van der Waals surface area contributed by atoms with Crippen LogP contribution in [0.4, 0.5) is 10.2 Å². The molecule has 1 amide bonds. The Bertz CT molecular complexity index is 540. The quantitative estimate of drug-likeness (QED) is 0.865. The molecule has 18 heavy (non-hydrogen) atoms. The molecule has 3 nitrogen and oxygen atoms in total. The molecule has 0 spiro atoms. The first-order valence-electron chi connectivity index (χ1n) is 5.27. The number of hydrogen-bond donors (Lipinski definition) is 1. The number of nitrogens with one attached hydrogen (secondary N) is 1. The molecule has 0 aliphatic carbocycles. The van der Waals surface area contributed by atoms with Crippen LogP contribution in [0.3, 0.4) is 0 Å². The Hall–Kier alpha value is -1.94. The summed E-state index contributed by atoms with van der Waals surface area (Å²) in [4.78, 5) is 15.6. The zero-order valence-corrected chi connectivity index (χ0v) is 10.1. The number of carbonyl (C=O) groups is 1. The molecule has 2 rings (SSSR count). The zero-order chi connectivity index (χ0) is 13.0. The molecule has 5 heteroatoms. The lowest BCUT2D eigenvalue weighted by Crippen LogP contribution is -2.12. The van der Waals surface area contributed by atoms with Crippen molar-refractivity contribution in [2.75, 3.05) is 5.32 Å². The van der Waals surface area contributed by atoms with Crippen molar-refractivity contribution in [2.24, 2.45) is 0 Å². The number of hydrogen-bond acceptors (Lipinski definition) is 2. The minimum atomic E-state index is -0.445. The Balaban J connectivity index is 2.09. The van der Waals surface area contributed by atoms with E-state index in [1.165, 1.54) is 12.1 Å². The van der Waals surface area contributed by atoms with E-state index >= 15 is 0 Å². The van der Waals surface area contributed by atoms with Gasteiger partial charge in [0.15, 0.2) is 0 Å². The van der Waals surface area contributed by atoms with Gasteiger partial charge in [-0.05, 0) is 29.8 Å². The molecule has 1 N–H and O–H groups in total. The summed E-state index contributed by atoms with van der Waals surface area (Å²) in [5.74, 6) is -0.0287. The maximum Gasteiger partial charge on any atom is 0.256 e. The van der Waals surface area contributed by atoms with Crippen LogP contribution in [0.2, 0.25) is 0 Å². The van der Waals surface area contributed by atoms with Gasteiger partial charge in [-0.1, -0.05) is 12.1 Å². The van der Waals surface area contributed by atoms with Gasteiger partial charge in [-0.15, -0.1) is 11.6 Å². The summed E-state index contributed by atoms with van der Waals surface area (Å²) in [6.45, 7) is 0. The highest BCUT2D eigenvalue weighted by atomic mass is 35.5. The van der Waals surface area contributed by atoms with E-state index in [2.05, 4.69) is 10.3 Å². The number of pyridine rings is 1. The highest BCUT2D eigenvalue weighted by Gasteiger charge is 2.06. The number of nitrogens with zero attached hydrogens (tertiary/aromatic N) is 1. The molecule has 0 saturated heterocycles. The summed E-state index contributed by atoms with van der Waals surface area (Å²) in [5.41, 5.74) is 1.43. The fourth-order valence-corrected chi connectivity index (χ4v) is 1.56. The monoisotopic (exact) mass is 264 g/mol. The van der Waals surface area contributed by atoms with E-state index in [-0.39, 0.29) is 5.91 Å². The molecule has 0 aliphatic rings. The molecule has 0 atom stereocenters. The normalized spacial score (nSPS) is 10.1. The van der Waals surface area contributed by atoms with E-state index in [1.807, 2.05) is 0 Å². The van der Waals surface area contributed by atoms with E-state index < -0.39 is 5.82 Å². The number of carbonyl (C=O) groups excluding carboxylic acids is 1. The summed E-state index contributed by atoms with van der Waals surface area (Å²) in [6.07, 6.45) is 1.05. The Morgan fingerprint density at radius 2 is 1.94 bits per heavy atom. The van der Waals surface area contributed by atoms with Crippen molar-refractivity contribution < 1.29 is 9.18 Å². The van der Waals surface area contributed by atoms with Crippen LogP contribution in [0.5, 0.6) is 0 Å². The Morgan fingerprint density at radius 1 is 1.22 bits per heavy atom. The Kier molecular flexibility index (Phi) is 3.89. The van der Waals surface area contributed by atoms with Crippen molar-refractivity contribution in [3.8, 4) is 0 Å². The fraction of sp³-hybridized carbons (Fsp3) is 0.0769. The predicted octanol–water partition coefficient (Wildman–Crippen LogP) is 3.21. The van der Waals surface area contributed by atoms with Crippen molar-refractivity contribution in [2.45, 2.75) is 5.88 Å². The van der Waals surface area contributed by atoms with Gasteiger partial charge in [0, 0.05) is 11.4 Å². The van der Waals surface area contributed by atoms with Crippen LogP contribution in [-0.2, 0) is 5.88 Å². The second-order valence-corrected chi connectivity index (χ2v) is 3.91. The summed E-state index contributed by atoms with van der Waals surface area (Å²) in [7, 11) is 0. The maximum absolute atomic E-state index is 12.6. The summed E-state index contributed by atoms with van der Waals surface area (Å²) < 4.78 is 12.6. The number of alkyl halides is 1. The number of rotatable bonds is 3. The molecule has 0 bridgehead atoms. The molecule has 0 fully saturated rings.